The molecule has 21 heavy (non-hydrogen) atoms. The first-order valence-corrected chi connectivity index (χ1v) is 8.93. The van der Waals surface area contributed by atoms with Crippen LogP contribution in [0.5, 0.6) is 0 Å². The molecule has 1 saturated heterocycles. The van der Waals surface area contributed by atoms with Crippen molar-refractivity contribution in [2.75, 3.05) is 19.6 Å². The van der Waals surface area contributed by atoms with E-state index >= 15 is 0 Å². The van der Waals surface area contributed by atoms with Gasteiger partial charge in [0, 0.05) is 25.6 Å². The van der Waals surface area contributed by atoms with Crippen LogP contribution in [0.25, 0.3) is 0 Å². The van der Waals surface area contributed by atoms with Gasteiger partial charge in [0.05, 0.1) is 0 Å². The van der Waals surface area contributed by atoms with Crippen molar-refractivity contribution in [1.29, 1.82) is 0 Å². The topological polar surface area (TPSA) is 32.3 Å². The smallest absolute Gasteiger partial charge is 0.222 e. The van der Waals surface area contributed by atoms with Crippen molar-refractivity contribution in [3.05, 3.63) is 0 Å². The highest BCUT2D eigenvalue weighted by Gasteiger charge is 2.38. The molecule has 122 valence electrons. The van der Waals surface area contributed by atoms with E-state index in [1.54, 1.807) is 0 Å². The molecule has 0 spiro atoms. The van der Waals surface area contributed by atoms with Crippen LogP contribution in [0.15, 0.2) is 0 Å². The lowest BCUT2D eigenvalue weighted by molar-refractivity contribution is -0.128. The molecule has 0 bridgehead atoms. The first-order valence-electron chi connectivity index (χ1n) is 8.93. The third kappa shape index (κ3) is 4.45. The number of hydrogen-bond donors (Lipinski definition) is 1. The first-order chi connectivity index (χ1) is 9.91. The zero-order chi connectivity index (χ0) is 15.5. The van der Waals surface area contributed by atoms with Crippen LogP contribution in [0.4, 0.5) is 0 Å². The van der Waals surface area contributed by atoms with Gasteiger partial charge in [0.25, 0.3) is 0 Å². The van der Waals surface area contributed by atoms with E-state index in [1.165, 1.54) is 32.1 Å². The summed E-state index contributed by atoms with van der Waals surface area (Å²) in [6, 6.07) is 0.498. The summed E-state index contributed by atoms with van der Waals surface area (Å²) < 4.78 is 0. The molecule has 0 radical (unpaired) electrons. The van der Waals surface area contributed by atoms with Gasteiger partial charge in [-0.15, -0.1) is 0 Å². The van der Waals surface area contributed by atoms with Gasteiger partial charge in [0.2, 0.25) is 5.91 Å². The molecular formula is C18H34N2O. The molecule has 1 aliphatic carbocycles. The average Bonchev–Trinajstić information content (AvgIpc) is 2.81. The number of likely N-dealkylation sites (N-methyl/N-ethyl adjacent to an activating group) is 1. The summed E-state index contributed by atoms with van der Waals surface area (Å²) in [6.45, 7) is 11.8. The fourth-order valence-electron chi connectivity index (χ4n) is 3.95. The predicted octanol–water partition coefficient (Wildman–Crippen LogP) is 3.44. The van der Waals surface area contributed by atoms with E-state index in [2.05, 4.69) is 37.9 Å². The predicted molar refractivity (Wildman–Crippen MR) is 88.2 cm³/mol. The fraction of sp³-hybridized carbons (Fsp3) is 0.944. The minimum absolute atomic E-state index is 0.239. The molecule has 2 aliphatic rings. The average molecular weight is 294 g/mol. The highest BCUT2D eigenvalue weighted by molar-refractivity contribution is 5.78. The van der Waals surface area contributed by atoms with Crippen molar-refractivity contribution >= 4 is 5.91 Å². The summed E-state index contributed by atoms with van der Waals surface area (Å²) in [5.41, 5.74) is 0.239. The van der Waals surface area contributed by atoms with E-state index in [1.807, 2.05) is 0 Å². The van der Waals surface area contributed by atoms with Crippen LogP contribution >= 0.6 is 0 Å². The van der Waals surface area contributed by atoms with Gasteiger partial charge >= 0.3 is 0 Å². The highest BCUT2D eigenvalue weighted by atomic mass is 16.2. The molecule has 0 aromatic carbocycles. The molecule has 1 saturated carbocycles. The lowest BCUT2D eigenvalue weighted by atomic mass is 9.80. The van der Waals surface area contributed by atoms with Crippen LogP contribution in [0, 0.1) is 17.3 Å². The van der Waals surface area contributed by atoms with Crippen molar-refractivity contribution in [3.8, 4) is 0 Å². The summed E-state index contributed by atoms with van der Waals surface area (Å²) in [5.74, 6) is 1.65. The number of nitrogens with one attached hydrogen (secondary N) is 1. The number of amides is 1. The number of carbonyl (C=O) groups excluding carboxylic acids is 1. The van der Waals surface area contributed by atoms with E-state index in [0.29, 0.717) is 17.9 Å². The van der Waals surface area contributed by atoms with Crippen molar-refractivity contribution in [2.24, 2.45) is 17.3 Å². The molecule has 1 amide bonds. The summed E-state index contributed by atoms with van der Waals surface area (Å²) in [6.07, 6.45) is 7.54. The molecule has 1 aliphatic heterocycles. The molecule has 2 atom stereocenters. The Morgan fingerprint density at radius 1 is 1.24 bits per heavy atom. The molecule has 0 aromatic heterocycles. The van der Waals surface area contributed by atoms with Crippen molar-refractivity contribution in [2.45, 2.75) is 72.3 Å². The van der Waals surface area contributed by atoms with Gasteiger partial charge in [-0.25, -0.2) is 0 Å². The van der Waals surface area contributed by atoms with Crippen molar-refractivity contribution < 1.29 is 4.79 Å². The van der Waals surface area contributed by atoms with E-state index in [0.717, 1.165) is 32.0 Å². The van der Waals surface area contributed by atoms with Gasteiger partial charge in [-0.05, 0) is 36.6 Å². The van der Waals surface area contributed by atoms with Gasteiger partial charge in [0.1, 0.15) is 0 Å². The molecular weight excluding hydrogens is 260 g/mol. The third-order valence-corrected chi connectivity index (χ3v) is 5.54. The number of rotatable bonds is 5. The standard InChI is InChI=1S/C18H34N2O/c1-5-19-16(14-9-7-6-8-10-14)13-20-12-15(11-17(20)21)18(2,3)4/h14-16,19H,5-13H2,1-4H3. The second-order valence-corrected chi connectivity index (χ2v) is 8.13. The van der Waals surface area contributed by atoms with Gasteiger partial charge < -0.3 is 10.2 Å². The number of carbonyl (C=O) groups is 1. The maximum atomic E-state index is 12.4. The molecule has 1 heterocycles. The Labute approximate surface area is 130 Å². The molecule has 2 fully saturated rings. The second-order valence-electron chi connectivity index (χ2n) is 8.13. The summed E-state index contributed by atoms with van der Waals surface area (Å²) in [4.78, 5) is 14.5. The van der Waals surface area contributed by atoms with Crippen LogP contribution in [-0.4, -0.2) is 36.5 Å². The zero-order valence-electron chi connectivity index (χ0n) is 14.5. The fourth-order valence-corrected chi connectivity index (χ4v) is 3.95. The Bertz CT molecular complexity index is 342. The Morgan fingerprint density at radius 2 is 1.90 bits per heavy atom. The maximum Gasteiger partial charge on any atom is 0.222 e. The lowest BCUT2D eigenvalue weighted by Gasteiger charge is -2.34. The molecule has 2 unspecified atom stereocenters. The van der Waals surface area contributed by atoms with Crippen LogP contribution < -0.4 is 5.32 Å². The van der Waals surface area contributed by atoms with Crippen molar-refractivity contribution in [3.63, 3.8) is 0 Å². The molecule has 3 heteroatoms. The molecule has 2 rings (SSSR count). The highest BCUT2D eigenvalue weighted by Crippen LogP contribution is 2.35. The SMILES string of the molecule is CCNC(CN1CC(C(C)(C)C)CC1=O)C1CCCCC1. The molecule has 1 N–H and O–H groups in total. The van der Waals surface area contributed by atoms with Crippen molar-refractivity contribution in [1.82, 2.24) is 10.2 Å². The summed E-state index contributed by atoms with van der Waals surface area (Å²) in [7, 11) is 0. The van der Waals surface area contributed by atoms with E-state index in [9.17, 15) is 4.79 Å². The monoisotopic (exact) mass is 294 g/mol. The van der Waals surface area contributed by atoms with Crippen LogP contribution in [0.1, 0.15) is 66.2 Å². The van der Waals surface area contributed by atoms with Crippen LogP contribution in [-0.2, 0) is 4.79 Å². The summed E-state index contributed by atoms with van der Waals surface area (Å²) >= 11 is 0. The van der Waals surface area contributed by atoms with Gasteiger partial charge in [-0.3, -0.25) is 4.79 Å². The number of nitrogens with zero attached hydrogens (tertiary/aromatic N) is 1. The number of likely N-dealkylation sites (tertiary alicyclic amines) is 1. The summed E-state index contributed by atoms with van der Waals surface area (Å²) in [5, 5.41) is 3.66. The number of hydrogen-bond acceptors (Lipinski definition) is 2. The van der Waals surface area contributed by atoms with Crippen LogP contribution in [0.2, 0.25) is 0 Å². The van der Waals surface area contributed by atoms with Crippen LogP contribution in [0.3, 0.4) is 0 Å². The Balaban J connectivity index is 1.95. The Hall–Kier alpha value is -0.570. The van der Waals surface area contributed by atoms with E-state index < -0.39 is 0 Å². The largest absolute Gasteiger partial charge is 0.341 e. The first kappa shape index (κ1) is 16.8. The minimum Gasteiger partial charge on any atom is -0.341 e. The molecule has 3 nitrogen and oxygen atoms in total. The van der Waals surface area contributed by atoms with Gasteiger partial charge in [-0.1, -0.05) is 47.0 Å². The second kappa shape index (κ2) is 7.13. The zero-order valence-corrected chi connectivity index (χ0v) is 14.5. The normalized spacial score (nSPS) is 26.4. The van der Waals surface area contributed by atoms with E-state index in [-0.39, 0.29) is 5.41 Å². The van der Waals surface area contributed by atoms with Gasteiger partial charge in [-0.2, -0.15) is 0 Å². The Morgan fingerprint density at radius 3 is 2.43 bits per heavy atom. The third-order valence-electron chi connectivity index (χ3n) is 5.54. The van der Waals surface area contributed by atoms with Gasteiger partial charge in [0.15, 0.2) is 0 Å². The molecule has 0 aromatic rings. The Kier molecular flexibility index (Phi) is 5.70. The maximum absolute atomic E-state index is 12.4. The lowest BCUT2D eigenvalue weighted by Crippen LogP contribution is -2.46. The minimum atomic E-state index is 0.239. The van der Waals surface area contributed by atoms with E-state index in [4.69, 9.17) is 0 Å². The quantitative estimate of drug-likeness (QED) is 0.842.